The molecule has 0 bridgehead atoms. The summed E-state index contributed by atoms with van der Waals surface area (Å²) in [5.41, 5.74) is -1.19. The van der Waals surface area contributed by atoms with E-state index in [0.717, 1.165) is 6.08 Å². The Kier molecular flexibility index (Phi) is 6.17. The van der Waals surface area contributed by atoms with Crippen LogP contribution in [0.15, 0.2) is 11.1 Å². The average molecular weight is 400 g/mol. The first-order valence-electron chi connectivity index (χ1n) is 7.44. The number of hydrogen-bond donors (Lipinski definition) is 3. The van der Waals surface area contributed by atoms with Crippen LogP contribution in [0.25, 0.3) is 0 Å². The lowest BCUT2D eigenvalue weighted by molar-refractivity contribution is -0.121. The van der Waals surface area contributed by atoms with Gasteiger partial charge in [-0.2, -0.15) is 13.2 Å². The van der Waals surface area contributed by atoms with Crippen molar-refractivity contribution in [3.8, 4) is 0 Å². The van der Waals surface area contributed by atoms with Crippen molar-refractivity contribution in [1.82, 2.24) is 16.0 Å². The van der Waals surface area contributed by atoms with Gasteiger partial charge in [-0.25, -0.2) is 4.79 Å². The molecular formula is C15H21ClF3N3O2S. The molecule has 0 saturated heterocycles. The smallest absolute Gasteiger partial charge is 0.333 e. The minimum atomic E-state index is -4.65. The fourth-order valence-electron chi connectivity index (χ4n) is 2.44. The third-order valence-electron chi connectivity index (χ3n) is 3.74. The van der Waals surface area contributed by atoms with E-state index < -0.39 is 45.9 Å². The molecule has 3 amide bonds. The minimum absolute atomic E-state index is 0.223. The molecule has 2 atom stereocenters. The summed E-state index contributed by atoms with van der Waals surface area (Å²) >= 11 is 10.1. The molecule has 0 aromatic carbocycles. The molecular weight excluding hydrogens is 379 g/mol. The zero-order valence-electron chi connectivity index (χ0n) is 14.5. The quantitative estimate of drug-likeness (QED) is 0.623. The van der Waals surface area contributed by atoms with Crippen molar-refractivity contribution >= 4 is 40.9 Å². The van der Waals surface area contributed by atoms with Crippen LogP contribution in [0.1, 0.15) is 34.6 Å². The summed E-state index contributed by atoms with van der Waals surface area (Å²) in [5, 5.41) is 5.72. The molecule has 2 unspecified atom stereocenters. The monoisotopic (exact) mass is 399 g/mol. The number of thiocarbonyl (C=S) groups is 1. The van der Waals surface area contributed by atoms with Crippen molar-refractivity contribution in [2.75, 3.05) is 0 Å². The number of hydrogen-bond acceptors (Lipinski definition) is 3. The topological polar surface area (TPSA) is 70.2 Å². The van der Waals surface area contributed by atoms with E-state index in [1.54, 1.807) is 34.6 Å². The number of allylic oxidation sites excluding steroid dienone is 2. The van der Waals surface area contributed by atoms with Gasteiger partial charge < -0.3 is 10.6 Å². The van der Waals surface area contributed by atoms with Crippen LogP contribution in [0.2, 0.25) is 0 Å². The second-order valence-corrected chi connectivity index (χ2v) is 8.30. The fourth-order valence-corrected chi connectivity index (χ4v) is 2.77. The lowest BCUT2D eigenvalue weighted by atomic mass is 10.1. The van der Waals surface area contributed by atoms with Crippen LogP contribution in [-0.4, -0.2) is 28.8 Å². The number of carbonyl (C=O) groups is 2. The van der Waals surface area contributed by atoms with Crippen LogP contribution >= 0.6 is 23.8 Å². The highest BCUT2D eigenvalue weighted by atomic mass is 35.5. The Labute approximate surface area is 154 Å². The van der Waals surface area contributed by atoms with Gasteiger partial charge >= 0.3 is 12.2 Å². The standard InChI is InChI=1S/C15H21ClF3N3O2S/c1-13(2,3)22-11(24)21-12(25)20-10(23)9-7(14(9,4)5)6-8(16)15(17,18)19/h6-7,9H,1-5H3,(H3,20,21,22,23,24,25)/b8-6+. The van der Waals surface area contributed by atoms with Gasteiger partial charge in [-0.1, -0.05) is 31.5 Å². The molecule has 3 N–H and O–H groups in total. The average Bonchev–Trinajstić information content (AvgIpc) is 2.86. The Morgan fingerprint density at radius 3 is 2.12 bits per heavy atom. The van der Waals surface area contributed by atoms with Crippen molar-refractivity contribution in [2.24, 2.45) is 17.3 Å². The number of nitrogens with one attached hydrogen (secondary N) is 3. The summed E-state index contributed by atoms with van der Waals surface area (Å²) in [6.07, 6.45) is -3.81. The third kappa shape index (κ3) is 6.14. The van der Waals surface area contributed by atoms with Gasteiger partial charge in [0.25, 0.3) is 0 Å². The molecule has 1 aliphatic rings. The molecule has 0 aliphatic heterocycles. The fraction of sp³-hybridized carbons (Fsp3) is 0.667. The molecule has 10 heteroatoms. The first-order valence-corrected chi connectivity index (χ1v) is 8.23. The predicted molar refractivity (Wildman–Crippen MR) is 92.9 cm³/mol. The van der Waals surface area contributed by atoms with Crippen molar-refractivity contribution in [3.05, 3.63) is 11.1 Å². The second kappa shape index (κ2) is 7.11. The maximum Gasteiger partial charge on any atom is 0.426 e. The van der Waals surface area contributed by atoms with E-state index in [1.807, 2.05) is 0 Å². The molecule has 5 nitrogen and oxygen atoms in total. The lowest BCUT2D eigenvalue weighted by Crippen LogP contribution is -2.51. The minimum Gasteiger partial charge on any atom is -0.333 e. The van der Waals surface area contributed by atoms with Crippen LogP contribution in [-0.2, 0) is 4.79 Å². The van der Waals surface area contributed by atoms with Crippen LogP contribution in [0.5, 0.6) is 0 Å². The van der Waals surface area contributed by atoms with Crippen molar-refractivity contribution in [1.29, 1.82) is 0 Å². The van der Waals surface area contributed by atoms with Gasteiger partial charge in [-0.3, -0.25) is 10.1 Å². The van der Waals surface area contributed by atoms with Crippen LogP contribution < -0.4 is 16.0 Å². The first kappa shape index (κ1) is 21.7. The molecule has 1 rings (SSSR count). The number of urea groups is 1. The molecule has 1 saturated carbocycles. The summed E-state index contributed by atoms with van der Waals surface area (Å²) in [5.74, 6) is -1.97. The molecule has 0 aromatic rings. The lowest BCUT2D eigenvalue weighted by Gasteiger charge is -2.21. The summed E-state index contributed by atoms with van der Waals surface area (Å²) in [6, 6.07) is -0.593. The Morgan fingerprint density at radius 1 is 1.16 bits per heavy atom. The molecule has 0 aromatic heterocycles. The van der Waals surface area contributed by atoms with E-state index in [-0.39, 0.29) is 5.11 Å². The summed E-state index contributed by atoms with van der Waals surface area (Å²) in [4.78, 5) is 23.9. The number of alkyl halides is 3. The SMILES string of the molecule is CC(C)(C)NC(=O)NC(=S)NC(=O)C1C(/C=C(/Cl)C(F)(F)F)C1(C)C. The van der Waals surface area contributed by atoms with Crippen molar-refractivity contribution in [3.63, 3.8) is 0 Å². The second-order valence-electron chi connectivity index (χ2n) is 7.48. The molecule has 0 spiro atoms. The third-order valence-corrected chi connectivity index (χ3v) is 4.29. The predicted octanol–water partition coefficient (Wildman–Crippen LogP) is 3.44. The zero-order chi connectivity index (χ0) is 19.8. The highest BCUT2D eigenvalue weighted by Gasteiger charge is 2.61. The summed E-state index contributed by atoms with van der Waals surface area (Å²) in [6.45, 7) is 8.61. The van der Waals surface area contributed by atoms with Gasteiger partial charge in [-0.15, -0.1) is 0 Å². The molecule has 25 heavy (non-hydrogen) atoms. The van der Waals surface area contributed by atoms with Gasteiger partial charge in [0.1, 0.15) is 5.03 Å². The van der Waals surface area contributed by atoms with Gasteiger partial charge in [-0.05, 0) is 44.3 Å². The molecule has 1 fully saturated rings. The van der Waals surface area contributed by atoms with Crippen LogP contribution in [0.4, 0.5) is 18.0 Å². The summed E-state index contributed by atoms with van der Waals surface area (Å²) < 4.78 is 37.6. The Balaban J connectivity index is 2.66. The van der Waals surface area contributed by atoms with Gasteiger partial charge in [0.05, 0.1) is 5.92 Å². The van der Waals surface area contributed by atoms with Crippen molar-refractivity contribution < 1.29 is 22.8 Å². The highest BCUT2D eigenvalue weighted by Crippen LogP contribution is 2.60. The van der Waals surface area contributed by atoms with E-state index in [0.29, 0.717) is 0 Å². The van der Waals surface area contributed by atoms with E-state index in [4.69, 9.17) is 23.8 Å². The van der Waals surface area contributed by atoms with Crippen LogP contribution in [0.3, 0.4) is 0 Å². The number of amides is 3. The number of carbonyl (C=O) groups excluding carboxylic acids is 2. The van der Waals surface area contributed by atoms with E-state index in [9.17, 15) is 22.8 Å². The van der Waals surface area contributed by atoms with E-state index in [2.05, 4.69) is 16.0 Å². The molecule has 142 valence electrons. The zero-order valence-corrected chi connectivity index (χ0v) is 16.0. The van der Waals surface area contributed by atoms with Gasteiger partial charge in [0.2, 0.25) is 5.91 Å². The normalized spacial score (nSPS) is 22.8. The van der Waals surface area contributed by atoms with E-state index in [1.165, 1.54) is 0 Å². The van der Waals surface area contributed by atoms with Crippen molar-refractivity contribution in [2.45, 2.75) is 46.3 Å². The number of rotatable bonds is 2. The largest absolute Gasteiger partial charge is 0.426 e. The summed E-state index contributed by atoms with van der Waals surface area (Å²) in [7, 11) is 0. The first-order chi connectivity index (χ1) is 11.1. The van der Waals surface area contributed by atoms with Gasteiger partial charge in [0.15, 0.2) is 5.11 Å². The number of halogens is 4. The highest BCUT2D eigenvalue weighted by molar-refractivity contribution is 7.80. The Morgan fingerprint density at radius 2 is 1.68 bits per heavy atom. The van der Waals surface area contributed by atoms with Gasteiger partial charge in [0, 0.05) is 5.54 Å². The maximum atomic E-state index is 12.5. The molecule has 1 aliphatic carbocycles. The molecule has 0 radical (unpaired) electrons. The maximum absolute atomic E-state index is 12.5. The van der Waals surface area contributed by atoms with E-state index >= 15 is 0 Å². The van der Waals surface area contributed by atoms with Crippen LogP contribution in [0, 0.1) is 17.3 Å². The Hall–Kier alpha value is -1.35. The molecule has 0 heterocycles. The Bertz CT molecular complexity index is 612.